The van der Waals surface area contributed by atoms with Gasteiger partial charge in [-0.15, -0.1) is 0 Å². The van der Waals surface area contributed by atoms with Crippen molar-refractivity contribution in [3.8, 4) is 0 Å². The van der Waals surface area contributed by atoms with Gasteiger partial charge >= 0.3 is 47.5 Å². The van der Waals surface area contributed by atoms with E-state index >= 15 is 0 Å². The van der Waals surface area contributed by atoms with Crippen LogP contribution in [0.5, 0.6) is 0 Å². The quantitative estimate of drug-likeness (QED) is 0.619. The normalized spacial score (nSPS) is 19.8. The minimum absolute atomic E-state index is 1.42. The molecule has 38 valence electrons. The van der Waals surface area contributed by atoms with E-state index in [-0.39, 0.29) is 0 Å². The van der Waals surface area contributed by atoms with Gasteiger partial charge in [-0.3, -0.25) is 0 Å². The van der Waals surface area contributed by atoms with Gasteiger partial charge < -0.3 is 0 Å². The van der Waals surface area contributed by atoms with Gasteiger partial charge in [-0.1, -0.05) is 0 Å². The first-order valence-electron chi connectivity index (χ1n) is 1.42. The second-order valence-electron chi connectivity index (χ2n) is 0.986. The third kappa shape index (κ3) is 5.09. The number of rotatable bonds is 1. The summed E-state index contributed by atoms with van der Waals surface area (Å²) in [6.45, 7) is 0. The van der Waals surface area contributed by atoms with Gasteiger partial charge in [0.25, 0.3) is 0 Å². The van der Waals surface area contributed by atoms with E-state index in [1.807, 2.05) is 6.26 Å². The molecule has 0 aliphatic carbocycles. The summed E-state index contributed by atoms with van der Waals surface area (Å²) in [7, 11) is 6.10. The van der Waals surface area contributed by atoms with E-state index in [1.165, 1.54) is 10.0 Å². The molecule has 0 saturated heterocycles. The van der Waals surface area contributed by atoms with E-state index in [1.54, 1.807) is 5.71 Å². The molecule has 0 fully saturated rings. The summed E-state index contributed by atoms with van der Waals surface area (Å²) in [4.78, 5) is 0. The maximum absolute atomic E-state index is 8.78. The van der Waals surface area contributed by atoms with E-state index in [4.69, 9.17) is 4.10 Å². The summed E-state index contributed by atoms with van der Waals surface area (Å²) in [6, 6.07) is 0. The van der Waals surface area contributed by atoms with Crippen LogP contribution >= 0.6 is 20.4 Å². The summed E-state index contributed by atoms with van der Waals surface area (Å²) >= 11 is -2.41. The Morgan fingerprint density at radius 1 is 1.83 bits per heavy atom. The molecule has 1 nitrogen and oxygen atoms in total. The molecular formula is C2H7AsOS2. The standard InChI is InChI=1S/C2H7AsOS2/c1-3(4,5)6-2/h1-2H3,(H,4,5). The third-order valence-electron chi connectivity index (χ3n) is 0.339. The SMILES string of the molecule is CS[As](C)(O)=S. The van der Waals surface area contributed by atoms with Crippen molar-refractivity contribution in [2.75, 3.05) is 6.26 Å². The zero-order valence-corrected chi connectivity index (χ0v) is 7.22. The Kier molecular flexibility index (Phi) is 2.85. The molecule has 4 heteroatoms. The topological polar surface area (TPSA) is 20.2 Å². The third-order valence-corrected chi connectivity index (χ3v) is 7.60. The van der Waals surface area contributed by atoms with Crippen molar-refractivity contribution >= 4 is 31.5 Å². The monoisotopic (exact) mass is 186 g/mol. The van der Waals surface area contributed by atoms with E-state index in [9.17, 15) is 0 Å². The Bertz CT molecular complexity index is 75.6. The molecule has 0 amide bonds. The molecule has 0 heterocycles. The first kappa shape index (κ1) is 7.09. The molecule has 1 unspecified atom stereocenters. The van der Waals surface area contributed by atoms with Gasteiger partial charge in [-0.2, -0.15) is 0 Å². The maximum atomic E-state index is 8.78. The molecule has 0 aromatic carbocycles. The summed E-state index contributed by atoms with van der Waals surface area (Å²) in [5, 5.41) is 0. The molecule has 0 aliphatic heterocycles. The average Bonchev–Trinajstić information content (AvgIpc) is 1.35. The van der Waals surface area contributed by atoms with Crippen molar-refractivity contribution in [3.05, 3.63) is 0 Å². The molecule has 0 aromatic heterocycles. The average molecular weight is 186 g/mol. The van der Waals surface area contributed by atoms with E-state index < -0.39 is 11.1 Å². The van der Waals surface area contributed by atoms with Gasteiger partial charge in [0.05, 0.1) is 0 Å². The van der Waals surface area contributed by atoms with Gasteiger partial charge in [0, 0.05) is 0 Å². The second-order valence-corrected chi connectivity index (χ2v) is 15.6. The van der Waals surface area contributed by atoms with Crippen LogP contribution in [0.3, 0.4) is 0 Å². The van der Waals surface area contributed by atoms with E-state index in [2.05, 4.69) is 10.4 Å². The van der Waals surface area contributed by atoms with Crippen LogP contribution in [0, 0.1) is 0 Å². The first-order chi connectivity index (χ1) is 2.56. The molecule has 0 rings (SSSR count). The molecule has 6 heavy (non-hydrogen) atoms. The van der Waals surface area contributed by atoms with Gasteiger partial charge in [0.2, 0.25) is 0 Å². The van der Waals surface area contributed by atoms with Crippen molar-refractivity contribution < 1.29 is 4.10 Å². The zero-order chi connectivity index (χ0) is 5.21. The van der Waals surface area contributed by atoms with Gasteiger partial charge in [-0.05, 0) is 0 Å². The molecule has 0 bridgehead atoms. The molecule has 0 saturated carbocycles. The molecule has 0 aromatic rings. The van der Waals surface area contributed by atoms with Crippen LogP contribution in [0.15, 0.2) is 0 Å². The Morgan fingerprint density at radius 3 is 2.00 bits per heavy atom. The van der Waals surface area contributed by atoms with Crippen molar-refractivity contribution in [3.63, 3.8) is 0 Å². The summed E-state index contributed by atoms with van der Waals surface area (Å²) < 4.78 is 8.78. The van der Waals surface area contributed by atoms with Crippen LogP contribution < -0.4 is 0 Å². The molecular weight excluding hydrogens is 179 g/mol. The molecule has 1 N–H and O–H groups in total. The fourth-order valence-corrected chi connectivity index (χ4v) is 0. The van der Waals surface area contributed by atoms with Crippen LogP contribution in [0.1, 0.15) is 0 Å². The van der Waals surface area contributed by atoms with Gasteiger partial charge in [0.15, 0.2) is 0 Å². The molecule has 1 atom stereocenters. The van der Waals surface area contributed by atoms with Crippen molar-refractivity contribution in [2.24, 2.45) is 0 Å². The Morgan fingerprint density at radius 2 is 2.00 bits per heavy atom. The molecule has 0 spiro atoms. The Balaban J connectivity index is 3.48. The summed E-state index contributed by atoms with van der Waals surface area (Å²) in [6.07, 6.45) is 1.85. The van der Waals surface area contributed by atoms with Crippen LogP contribution in [-0.4, -0.2) is 21.4 Å². The predicted octanol–water partition coefficient (Wildman–Crippen LogP) is 1.11. The summed E-state index contributed by atoms with van der Waals surface area (Å²) in [5.41, 5.74) is 1.75. The van der Waals surface area contributed by atoms with Gasteiger partial charge in [-0.25, -0.2) is 0 Å². The van der Waals surface area contributed by atoms with Gasteiger partial charge in [0.1, 0.15) is 0 Å². The van der Waals surface area contributed by atoms with E-state index in [0.29, 0.717) is 0 Å². The minimum atomic E-state index is -2.41. The Hall–Kier alpha value is 1.09. The number of hydrogen-bond acceptors (Lipinski definition) is 2. The summed E-state index contributed by atoms with van der Waals surface area (Å²) in [5.74, 6) is 0. The van der Waals surface area contributed by atoms with Crippen LogP contribution in [0.4, 0.5) is 0 Å². The zero-order valence-electron chi connectivity index (χ0n) is 3.71. The van der Waals surface area contributed by atoms with Crippen LogP contribution in [0.25, 0.3) is 0 Å². The number of hydrogen-bond donors (Lipinski definition) is 1. The van der Waals surface area contributed by atoms with Crippen molar-refractivity contribution in [1.82, 2.24) is 0 Å². The predicted molar refractivity (Wildman–Crippen MR) is 34.9 cm³/mol. The fraction of sp³-hybridized carbons (Fsp3) is 1.00. The van der Waals surface area contributed by atoms with Crippen molar-refractivity contribution in [2.45, 2.75) is 5.71 Å². The Labute approximate surface area is 47.7 Å². The van der Waals surface area contributed by atoms with E-state index in [0.717, 1.165) is 0 Å². The molecule has 0 aliphatic rings. The fourth-order valence-electron chi connectivity index (χ4n) is 0. The second kappa shape index (κ2) is 2.41. The van der Waals surface area contributed by atoms with Crippen molar-refractivity contribution in [1.29, 1.82) is 0 Å². The van der Waals surface area contributed by atoms with Crippen LogP contribution in [-0.2, 0) is 0 Å². The molecule has 0 radical (unpaired) electrons. The van der Waals surface area contributed by atoms with Crippen LogP contribution in [0.2, 0.25) is 5.71 Å². The first-order valence-corrected chi connectivity index (χ1v) is 10.3.